The van der Waals surface area contributed by atoms with Crippen LogP contribution in [-0.4, -0.2) is 57.0 Å². The largest absolute Gasteiger partial charge is 0.399 e. The second-order valence-corrected chi connectivity index (χ2v) is 9.58. The zero-order valence-electron chi connectivity index (χ0n) is 19.0. The third-order valence-corrected chi connectivity index (χ3v) is 5.96. The molecule has 3 nitrogen and oxygen atoms in total. The van der Waals surface area contributed by atoms with Gasteiger partial charge in [0.2, 0.25) is 0 Å². The minimum Gasteiger partial charge on any atom is -0.399 e. The zero-order chi connectivity index (χ0) is 22.4. The molecule has 0 heterocycles. The van der Waals surface area contributed by atoms with Crippen molar-refractivity contribution >= 4 is 61.6 Å². The van der Waals surface area contributed by atoms with E-state index in [4.69, 9.17) is 17.3 Å². The summed E-state index contributed by atoms with van der Waals surface area (Å²) in [6, 6.07) is 12.4. The molecule has 7 heteroatoms. The number of nitrogens with two attached hydrogens (primary N) is 1. The third kappa shape index (κ3) is 16.4. The first-order chi connectivity index (χ1) is 13.6. The average Bonchev–Trinajstić information content (AvgIpc) is 2.62. The van der Waals surface area contributed by atoms with E-state index < -0.39 is 0 Å². The predicted molar refractivity (Wildman–Crippen MR) is 146 cm³/mol. The molecule has 0 saturated heterocycles. The fourth-order valence-corrected chi connectivity index (χ4v) is 3.13. The average molecular weight is 586 g/mol. The smallest absolute Gasteiger partial charge is 0.0350 e. The molecule has 0 saturated carbocycles. The molecule has 0 aliphatic heterocycles. The molecular formula is C23H37Br2Cl2N3. The van der Waals surface area contributed by atoms with Crippen molar-refractivity contribution in [2.24, 2.45) is 0 Å². The van der Waals surface area contributed by atoms with Crippen LogP contribution in [0.2, 0.25) is 0 Å². The Morgan fingerprint density at radius 3 is 1.70 bits per heavy atom. The van der Waals surface area contributed by atoms with Gasteiger partial charge in [0.25, 0.3) is 0 Å². The number of halogens is 4. The maximum atomic E-state index is 5.51. The molecule has 30 heavy (non-hydrogen) atoms. The molecule has 2 aromatic rings. The second kappa shape index (κ2) is 18.3. The number of hydrogen-bond acceptors (Lipinski definition) is 3. The molecule has 0 spiro atoms. The Morgan fingerprint density at radius 1 is 0.833 bits per heavy atom. The van der Waals surface area contributed by atoms with Gasteiger partial charge in [0.05, 0.1) is 0 Å². The lowest BCUT2D eigenvalue weighted by Crippen LogP contribution is -2.13. The summed E-state index contributed by atoms with van der Waals surface area (Å²) in [6.45, 7) is 6.29. The van der Waals surface area contributed by atoms with E-state index in [1.807, 2.05) is 44.1 Å². The van der Waals surface area contributed by atoms with Crippen molar-refractivity contribution < 1.29 is 0 Å². The summed E-state index contributed by atoms with van der Waals surface area (Å²) >= 11 is 12.2. The van der Waals surface area contributed by atoms with E-state index in [1.165, 1.54) is 34.0 Å². The Hall–Kier alpha value is -0.300. The summed E-state index contributed by atoms with van der Waals surface area (Å²) in [4.78, 5) is 4.28. The highest BCUT2D eigenvalue weighted by Gasteiger charge is 1.98. The minimum atomic E-state index is 0. The van der Waals surface area contributed by atoms with Crippen LogP contribution >= 0.6 is 55.9 Å². The number of benzene rings is 2. The molecule has 2 N–H and O–H groups in total. The molecule has 0 aliphatic rings. The van der Waals surface area contributed by atoms with E-state index in [2.05, 4.69) is 76.0 Å². The number of nitrogen functional groups attached to an aromatic ring is 1. The summed E-state index contributed by atoms with van der Waals surface area (Å²) in [7, 11) is 8.24. The monoisotopic (exact) mass is 583 g/mol. The SMILES string of the molecule is CN(C)CCCl.Cc1cc(CCCN(C)C)ccc1Br.Cc1cc(N)ccc1Br.Cl. The van der Waals surface area contributed by atoms with Gasteiger partial charge in [-0.2, -0.15) is 0 Å². The van der Waals surface area contributed by atoms with Crippen LogP contribution in [0, 0.1) is 13.8 Å². The van der Waals surface area contributed by atoms with Crippen LogP contribution in [0.5, 0.6) is 0 Å². The molecule has 0 unspecified atom stereocenters. The van der Waals surface area contributed by atoms with Crippen LogP contribution in [0.1, 0.15) is 23.1 Å². The highest BCUT2D eigenvalue weighted by Crippen LogP contribution is 2.18. The lowest BCUT2D eigenvalue weighted by atomic mass is 10.1. The molecular weight excluding hydrogens is 549 g/mol. The lowest BCUT2D eigenvalue weighted by molar-refractivity contribution is 0.400. The van der Waals surface area contributed by atoms with E-state index >= 15 is 0 Å². The van der Waals surface area contributed by atoms with Gasteiger partial charge in [-0.25, -0.2) is 0 Å². The maximum Gasteiger partial charge on any atom is 0.0350 e. The normalized spacial score (nSPS) is 9.97. The van der Waals surface area contributed by atoms with Gasteiger partial charge in [-0.05, 0) is 102 Å². The molecule has 0 radical (unpaired) electrons. The van der Waals surface area contributed by atoms with Crippen LogP contribution in [0.3, 0.4) is 0 Å². The highest BCUT2D eigenvalue weighted by atomic mass is 79.9. The molecule has 0 atom stereocenters. The van der Waals surface area contributed by atoms with Crippen LogP contribution in [-0.2, 0) is 6.42 Å². The van der Waals surface area contributed by atoms with Crippen LogP contribution in [0.15, 0.2) is 45.3 Å². The first kappa shape index (κ1) is 31.9. The van der Waals surface area contributed by atoms with Gasteiger partial charge in [-0.3, -0.25) is 0 Å². The van der Waals surface area contributed by atoms with Gasteiger partial charge in [-0.1, -0.05) is 44.0 Å². The van der Waals surface area contributed by atoms with Crippen molar-refractivity contribution in [2.75, 3.05) is 52.9 Å². The fraction of sp³-hybridized carbons (Fsp3) is 0.478. The molecule has 0 bridgehead atoms. The molecule has 2 aromatic carbocycles. The Labute approximate surface area is 212 Å². The number of aryl methyl sites for hydroxylation is 3. The standard InChI is InChI=1S/C12H18BrN.C7H8BrN.C4H10ClN.ClH/c1-10-9-11(6-7-12(10)13)5-4-8-14(2)3;1-5-4-6(9)2-3-7(5)8;1-6(2)4-3-5;/h6-7,9H,4-5,8H2,1-3H3;2-4H,9H2,1H3;3-4H2,1-2H3;1H. The summed E-state index contributed by atoms with van der Waals surface area (Å²) in [5.74, 6) is 0.729. The van der Waals surface area contributed by atoms with Crippen LogP contribution < -0.4 is 5.73 Å². The highest BCUT2D eigenvalue weighted by molar-refractivity contribution is 9.10. The van der Waals surface area contributed by atoms with Crippen molar-refractivity contribution in [3.63, 3.8) is 0 Å². The van der Waals surface area contributed by atoms with Gasteiger partial charge < -0.3 is 15.5 Å². The topological polar surface area (TPSA) is 32.5 Å². The van der Waals surface area contributed by atoms with Crippen molar-refractivity contribution in [1.29, 1.82) is 0 Å². The fourth-order valence-electron chi connectivity index (χ4n) is 2.30. The summed E-state index contributed by atoms with van der Waals surface area (Å²) in [6.07, 6.45) is 2.40. The second-order valence-electron chi connectivity index (χ2n) is 7.49. The van der Waals surface area contributed by atoms with E-state index in [-0.39, 0.29) is 12.4 Å². The maximum absolute atomic E-state index is 5.51. The van der Waals surface area contributed by atoms with Gasteiger partial charge in [-0.15, -0.1) is 24.0 Å². The number of hydrogen-bond donors (Lipinski definition) is 1. The van der Waals surface area contributed by atoms with E-state index in [0.717, 1.165) is 29.1 Å². The third-order valence-electron chi connectivity index (χ3n) is 4.01. The van der Waals surface area contributed by atoms with Crippen molar-refractivity contribution in [2.45, 2.75) is 26.7 Å². The first-order valence-electron chi connectivity index (χ1n) is 9.68. The van der Waals surface area contributed by atoms with Gasteiger partial charge in [0.1, 0.15) is 0 Å². The first-order valence-corrected chi connectivity index (χ1v) is 11.8. The summed E-state index contributed by atoms with van der Waals surface area (Å²) in [5.41, 5.74) is 10.3. The molecule has 0 aliphatic carbocycles. The van der Waals surface area contributed by atoms with Gasteiger partial charge >= 0.3 is 0 Å². The number of alkyl halides is 1. The number of nitrogens with zero attached hydrogens (tertiary/aromatic N) is 2. The molecule has 2 rings (SSSR count). The molecule has 0 amide bonds. The summed E-state index contributed by atoms with van der Waals surface area (Å²) < 4.78 is 2.31. The molecule has 0 fully saturated rings. The Balaban J connectivity index is 0. The quantitative estimate of drug-likeness (QED) is 0.299. The van der Waals surface area contributed by atoms with Crippen molar-refractivity contribution in [1.82, 2.24) is 9.80 Å². The number of rotatable bonds is 6. The zero-order valence-corrected chi connectivity index (χ0v) is 23.8. The lowest BCUT2D eigenvalue weighted by Gasteiger charge is -2.09. The van der Waals surface area contributed by atoms with Crippen LogP contribution in [0.4, 0.5) is 5.69 Å². The Morgan fingerprint density at radius 2 is 1.33 bits per heavy atom. The predicted octanol–water partition coefficient (Wildman–Crippen LogP) is 6.80. The van der Waals surface area contributed by atoms with Gasteiger partial charge in [0.15, 0.2) is 0 Å². The van der Waals surface area contributed by atoms with E-state index in [1.54, 1.807) is 0 Å². The Bertz CT molecular complexity index is 711. The Kier molecular flexibility index (Phi) is 19.4. The van der Waals surface area contributed by atoms with Crippen molar-refractivity contribution in [3.05, 3.63) is 62.0 Å². The number of anilines is 1. The molecule has 0 aromatic heterocycles. The van der Waals surface area contributed by atoms with E-state index in [9.17, 15) is 0 Å². The molecule has 172 valence electrons. The minimum absolute atomic E-state index is 0. The summed E-state index contributed by atoms with van der Waals surface area (Å²) in [5, 5.41) is 0. The van der Waals surface area contributed by atoms with Crippen molar-refractivity contribution in [3.8, 4) is 0 Å². The van der Waals surface area contributed by atoms with Gasteiger partial charge in [0, 0.05) is 27.1 Å². The van der Waals surface area contributed by atoms with E-state index in [0.29, 0.717) is 0 Å². The van der Waals surface area contributed by atoms with Crippen LogP contribution in [0.25, 0.3) is 0 Å².